The van der Waals surface area contributed by atoms with Gasteiger partial charge in [0.25, 0.3) is 0 Å². The normalized spacial score (nSPS) is 9.85. The standard InChI is InChI=1S/C14H12N2O4/c1-3-19-14(17)13-16-11(8-20-13)10-6-9(7-15)4-5-12(10)18-2/h4-6,8H,3H2,1-2H3. The lowest BCUT2D eigenvalue weighted by Gasteiger charge is -2.05. The molecule has 6 heteroatoms. The van der Waals surface area contributed by atoms with Crippen LogP contribution in [0.5, 0.6) is 5.75 Å². The van der Waals surface area contributed by atoms with Crippen LogP contribution in [-0.2, 0) is 4.74 Å². The van der Waals surface area contributed by atoms with Gasteiger partial charge in [-0.05, 0) is 25.1 Å². The fourth-order valence-electron chi connectivity index (χ4n) is 1.66. The number of oxazole rings is 1. The van der Waals surface area contributed by atoms with Gasteiger partial charge in [-0.15, -0.1) is 0 Å². The van der Waals surface area contributed by atoms with Crippen molar-refractivity contribution in [3.63, 3.8) is 0 Å². The second-order valence-corrected chi connectivity index (χ2v) is 3.79. The highest BCUT2D eigenvalue weighted by molar-refractivity contribution is 5.85. The molecule has 0 saturated heterocycles. The molecule has 0 aliphatic rings. The van der Waals surface area contributed by atoms with E-state index in [9.17, 15) is 4.79 Å². The highest BCUT2D eigenvalue weighted by Crippen LogP contribution is 2.30. The van der Waals surface area contributed by atoms with Crippen molar-refractivity contribution in [2.24, 2.45) is 0 Å². The topological polar surface area (TPSA) is 85.3 Å². The molecule has 0 radical (unpaired) electrons. The number of carbonyl (C=O) groups is 1. The van der Waals surface area contributed by atoms with Gasteiger partial charge in [0.05, 0.1) is 25.3 Å². The average molecular weight is 272 g/mol. The molecule has 0 fully saturated rings. The van der Waals surface area contributed by atoms with Crippen molar-refractivity contribution in [3.05, 3.63) is 35.9 Å². The maximum atomic E-state index is 11.5. The quantitative estimate of drug-likeness (QED) is 0.794. The molecule has 0 spiro atoms. The summed E-state index contributed by atoms with van der Waals surface area (Å²) in [5, 5.41) is 8.93. The lowest BCUT2D eigenvalue weighted by Crippen LogP contribution is -2.04. The molecule has 0 saturated carbocycles. The second-order valence-electron chi connectivity index (χ2n) is 3.79. The molecule has 0 amide bonds. The average Bonchev–Trinajstić information content (AvgIpc) is 2.96. The van der Waals surface area contributed by atoms with E-state index in [2.05, 4.69) is 4.98 Å². The van der Waals surface area contributed by atoms with Gasteiger partial charge in [-0.3, -0.25) is 0 Å². The molecule has 1 heterocycles. The van der Waals surface area contributed by atoms with Gasteiger partial charge >= 0.3 is 11.9 Å². The summed E-state index contributed by atoms with van der Waals surface area (Å²) in [5.41, 5.74) is 1.44. The number of methoxy groups -OCH3 is 1. The van der Waals surface area contributed by atoms with Gasteiger partial charge in [0.2, 0.25) is 0 Å². The molecule has 2 aromatic rings. The number of ether oxygens (including phenoxy) is 2. The van der Waals surface area contributed by atoms with Crippen molar-refractivity contribution in [3.8, 4) is 23.1 Å². The number of nitrogens with zero attached hydrogens (tertiary/aromatic N) is 2. The summed E-state index contributed by atoms with van der Waals surface area (Å²) in [6.45, 7) is 1.94. The Morgan fingerprint density at radius 1 is 1.50 bits per heavy atom. The van der Waals surface area contributed by atoms with E-state index in [0.717, 1.165) is 0 Å². The Hall–Kier alpha value is -2.81. The van der Waals surface area contributed by atoms with Crippen LogP contribution in [0.4, 0.5) is 0 Å². The third-order valence-corrected chi connectivity index (χ3v) is 2.56. The molecule has 0 aliphatic carbocycles. The largest absolute Gasteiger partial charge is 0.496 e. The van der Waals surface area contributed by atoms with Crippen LogP contribution in [0, 0.1) is 11.3 Å². The van der Waals surface area contributed by atoms with Crippen molar-refractivity contribution >= 4 is 5.97 Å². The van der Waals surface area contributed by atoms with E-state index in [-0.39, 0.29) is 12.5 Å². The smallest absolute Gasteiger partial charge is 0.394 e. The van der Waals surface area contributed by atoms with Crippen molar-refractivity contribution in [1.82, 2.24) is 4.98 Å². The number of rotatable bonds is 4. The van der Waals surface area contributed by atoms with Crippen LogP contribution in [0.15, 0.2) is 28.9 Å². The molecule has 0 atom stereocenters. The summed E-state index contributed by atoms with van der Waals surface area (Å²) in [6.07, 6.45) is 1.32. The van der Waals surface area contributed by atoms with E-state index < -0.39 is 5.97 Å². The molecule has 6 nitrogen and oxygen atoms in total. The third-order valence-electron chi connectivity index (χ3n) is 2.56. The molecule has 0 unspecified atom stereocenters. The van der Waals surface area contributed by atoms with Gasteiger partial charge < -0.3 is 13.9 Å². The number of hydrogen-bond acceptors (Lipinski definition) is 6. The third kappa shape index (κ3) is 2.62. The molecule has 0 bridgehead atoms. The summed E-state index contributed by atoms with van der Waals surface area (Å²) in [6, 6.07) is 6.94. The summed E-state index contributed by atoms with van der Waals surface area (Å²) in [4.78, 5) is 15.6. The van der Waals surface area contributed by atoms with Crippen molar-refractivity contribution < 1.29 is 18.7 Å². The number of benzene rings is 1. The summed E-state index contributed by atoms with van der Waals surface area (Å²) < 4.78 is 15.1. The number of carbonyl (C=O) groups excluding carboxylic acids is 1. The maximum Gasteiger partial charge on any atom is 0.394 e. The number of hydrogen-bond donors (Lipinski definition) is 0. The van der Waals surface area contributed by atoms with Crippen molar-refractivity contribution in [1.29, 1.82) is 5.26 Å². The van der Waals surface area contributed by atoms with Crippen molar-refractivity contribution in [2.45, 2.75) is 6.92 Å². The van der Waals surface area contributed by atoms with Gasteiger partial charge in [0.1, 0.15) is 17.7 Å². The minimum absolute atomic E-state index is 0.133. The Labute approximate surface area is 115 Å². The summed E-state index contributed by atoms with van der Waals surface area (Å²) in [5.74, 6) is -0.229. The Morgan fingerprint density at radius 3 is 2.95 bits per heavy atom. The number of nitriles is 1. The predicted molar refractivity (Wildman–Crippen MR) is 69.2 cm³/mol. The Balaban J connectivity index is 2.41. The molecule has 20 heavy (non-hydrogen) atoms. The lowest BCUT2D eigenvalue weighted by atomic mass is 10.1. The van der Waals surface area contributed by atoms with Gasteiger partial charge in [0.15, 0.2) is 0 Å². The molecule has 1 aromatic heterocycles. The molecule has 1 aromatic carbocycles. The van der Waals surface area contributed by atoms with Gasteiger partial charge in [0, 0.05) is 5.56 Å². The SMILES string of the molecule is CCOC(=O)c1nc(-c2cc(C#N)ccc2OC)co1. The van der Waals surface area contributed by atoms with E-state index in [1.807, 2.05) is 6.07 Å². The number of aromatic nitrogens is 1. The molecule has 0 N–H and O–H groups in total. The molecular weight excluding hydrogens is 260 g/mol. The molecule has 2 rings (SSSR count). The highest BCUT2D eigenvalue weighted by atomic mass is 16.5. The van der Waals surface area contributed by atoms with Crippen LogP contribution in [0.3, 0.4) is 0 Å². The summed E-state index contributed by atoms with van der Waals surface area (Å²) in [7, 11) is 1.51. The lowest BCUT2D eigenvalue weighted by molar-refractivity contribution is 0.0481. The van der Waals surface area contributed by atoms with Crippen LogP contribution in [-0.4, -0.2) is 24.7 Å². The van der Waals surface area contributed by atoms with E-state index in [1.54, 1.807) is 25.1 Å². The first-order chi connectivity index (χ1) is 9.69. The van der Waals surface area contributed by atoms with Crippen LogP contribution < -0.4 is 4.74 Å². The molecular formula is C14H12N2O4. The first kappa shape index (κ1) is 13.6. The Bertz CT molecular complexity index is 670. The first-order valence-electron chi connectivity index (χ1n) is 5.90. The van der Waals surface area contributed by atoms with Crippen LogP contribution >= 0.6 is 0 Å². The fraction of sp³-hybridized carbons (Fsp3) is 0.214. The van der Waals surface area contributed by atoms with Crippen LogP contribution in [0.25, 0.3) is 11.3 Å². The molecule has 102 valence electrons. The van der Waals surface area contributed by atoms with Gasteiger partial charge in [-0.2, -0.15) is 5.26 Å². The second kappa shape index (κ2) is 5.89. The van der Waals surface area contributed by atoms with Crippen LogP contribution in [0.2, 0.25) is 0 Å². The minimum Gasteiger partial charge on any atom is -0.496 e. The minimum atomic E-state index is -0.630. The highest BCUT2D eigenvalue weighted by Gasteiger charge is 2.17. The van der Waals surface area contributed by atoms with Crippen LogP contribution in [0.1, 0.15) is 23.2 Å². The number of esters is 1. The van der Waals surface area contributed by atoms with E-state index in [4.69, 9.17) is 19.2 Å². The Kier molecular flexibility index (Phi) is 4.01. The van der Waals surface area contributed by atoms with E-state index >= 15 is 0 Å². The zero-order valence-corrected chi connectivity index (χ0v) is 11.0. The van der Waals surface area contributed by atoms with Crippen molar-refractivity contribution in [2.75, 3.05) is 13.7 Å². The maximum absolute atomic E-state index is 11.5. The zero-order valence-electron chi connectivity index (χ0n) is 11.0. The fourth-order valence-corrected chi connectivity index (χ4v) is 1.66. The van der Waals surface area contributed by atoms with Gasteiger partial charge in [-0.25, -0.2) is 9.78 Å². The predicted octanol–water partition coefficient (Wildman–Crippen LogP) is 2.40. The molecule has 0 aliphatic heterocycles. The van der Waals surface area contributed by atoms with Gasteiger partial charge in [-0.1, -0.05) is 0 Å². The van der Waals surface area contributed by atoms with E-state index in [0.29, 0.717) is 22.6 Å². The van der Waals surface area contributed by atoms with E-state index in [1.165, 1.54) is 13.4 Å². The monoisotopic (exact) mass is 272 g/mol. The zero-order chi connectivity index (χ0) is 14.5. The summed E-state index contributed by atoms with van der Waals surface area (Å²) >= 11 is 0. The Morgan fingerprint density at radius 2 is 2.30 bits per heavy atom. The first-order valence-corrected chi connectivity index (χ1v) is 5.90.